The molecule has 0 radical (unpaired) electrons. The van der Waals surface area contributed by atoms with E-state index in [9.17, 15) is 19.1 Å². The standard InChI is InChI=1S/C32H40Cl2F2N4O3/c1-31(2,3)16-26-32(20-14-24(36)22(34)15-25(20)38-30(32)43)27(19-5-6-23(35)21(33)13-19)28(39-26)29(42)37-9-4-10-40-11-7-18(17-41)8-12-40/h5-6,13-15,18,26-28,39,41H,4,7-12,16-17H2,1-3H3,(H,37,42)(H,38,43)/t26-,27+,28-,32+/m1/s1. The van der Waals surface area contributed by atoms with E-state index >= 15 is 4.39 Å². The molecule has 7 nitrogen and oxygen atoms in total. The molecule has 2 aromatic rings. The number of aliphatic hydroxyl groups is 1. The summed E-state index contributed by atoms with van der Waals surface area (Å²) in [6.07, 6.45) is 3.15. The van der Waals surface area contributed by atoms with Crippen LogP contribution in [0.1, 0.15) is 63.5 Å². The smallest absolute Gasteiger partial charge is 0.237 e. The molecule has 2 aromatic carbocycles. The minimum absolute atomic E-state index is 0.120. The van der Waals surface area contributed by atoms with Crippen LogP contribution in [0.4, 0.5) is 14.5 Å². The topological polar surface area (TPSA) is 93.7 Å². The van der Waals surface area contributed by atoms with Crippen LogP contribution in [-0.2, 0) is 15.0 Å². The zero-order chi connectivity index (χ0) is 31.1. The van der Waals surface area contributed by atoms with E-state index in [0.717, 1.165) is 38.9 Å². The maximum Gasteiger partial charge on any atom is 0.237 e. The normalized spacial score (nSPS) is 26.1. The number of likely N-dealkylation sites (tertiary alicyclic amines) is 1. The van der Waals surface area contributed by atoms with Crippen molar-refractivity contribution in [2.24, 2.45) is 11.3 Å². The number of nitrogens with one attached hydrogen (secondary N) is 3. The Labute approximate surface area is 261 Å². The lowest BCUT2D eigenvalue weighted by molar-refractivity contribution is -0.123. The van der Waals surface area contributed by atoms with Crippen LogP contribution >= 0.6 is 23.2 Å². The van der Waals surface area contributed by atoms with E-state index in [1.54, 1.807) is 6.07 Å². The highest BCUT2D eigenvalue weighted by molar-refractivity contribution is 6.31. The fourth-order valence-electron chi connectivity index (χ4n) is 7.16. The van der Waals surface area contributed by atoms with Crippen LogP contribution < -0.4 is 16.0 Å². The molecule has 0 aromatic heterocycles. The van der Waals surface area contributed by atoms with Crippen LogP contribution in [0.25, 0.3) is 0 Å². The minimum atomic E-state index is -1.39. The summed E-state index contributed by atoms with van der Waals surface area (Å²) in [6, 6.07) is 5.47. The van der Waals surface area contributed by atoms with Gasteiger partial charge in [0.05, 0.1) is 16.1 Å². The number of nitrogens with zero attached hydrogens (tertiary/aromatic N) is 1. The van der Waals surface area contributed by atoms with Crippen LogP contribution in [0.5, 0.6) is 0 Å². The van der Waals surface area contributed by atoms with Crippen molar-refractivity contribution in [1.82, 2.24) is 15.5 Å². The second-order valence-electron chi connectivity index (χ2n) is 13.4. The largest absolute Gasteiger partial charge is 0.396 e. The average Bonchev–Trinajstić information content (AvgIpc) is 3.42. The number of piperidine rings is 1. The molecule has 2 amide bonds. The first kappa shape index (κ1) is 32.1. The third kappa shape index (κ3) is 6.29. The number of carbonyl (C=O) groups is 2. The highest BCUT2D eigenvalue weighted by atomic mass is 35.5. The zero-order valence-electron chi connectivity index (χ0n) is 24.8. The third-order valence-corrected chi connectivity index (χ3v) is 9.78. The van der Waals surface area contributed by atoms with Crippen molar-refractivity contribution < 1.29 is 23.5 Å². The number of anilines is 1. The predicted octanol–water partition coefficient (Wildman–Crippen LogP) is 5.23. The molecule has 4 N–H and O–H groups in total. The first-order valence-corrected chi connectivity index (χ1v) is 15.7. The molecule has 11 heteroatoms. The Morgan fingerprint density at radius 2 is 1.81 bits per heavy atom. The summed E-state index contributed by atoms with van der Waals surface area (Å²) in [5, 5.41) is 18.6. The van der Waals surface area contributed by atoms with Gasteiger partial charge >= 0.3 is 0 Å². The SMILES string of the molecule is CC(C)(C)C[C@H]1N[C@@H](C(=O)NCCCN2CCC(CO)CC2)[C@H](c2ccc(F)c(Cl)c2)[C@@]12C(=O)Nc1cc(Cl)c(F)cc12. The van der Waals surface area contributed by atoms with Gasteiger partial charge in [0, 0.05) is 30.8 Å². The highest BCUT2D eigenvalue weighted by Crippen LogP contribution is 2.57. The predicted molar refractivity (Wildman–Crippen MR) is 165 cm³/mol. The number of halogens is 4. The Bertz CT molecular complexity index is 1380. The molecule has 0 bridgehead atoms. The van der Waals surface area contributed by atoms with Gasteiger partial charge in [0.2, 0.25) is 11.8 Å². The van der Waals surface area contributed by atoms with Gasteiger partial charge in [0.15, 0.2) is 0 Å². The minimum Gasteiger partial charge on any atom is -0.396 e. The molecule has 43 heavy (non-hydrogen) atoms. The Kier molecular flexibility index (Phi) is 9.41. The molecule has 3 heterocycles. The zero-order valence-corrected chi connectivity index (χ0v) is 26.3. The van der Waals surface area contributed by atoms with E-state index < -0.39 is 35.1 Å². The van der Waals surface area contributed by atoms with Gasteiger partial charge in [-0.3, -0.25) is 9.59 Å². The van der Waals surface area contributed by atoms with Crippen LogP contribution in [0.3, 0.4) is 0 Å². The van der Waals surface area contributed by atoms with Crippen molar-refractivity contribution in [3.8, 4) is 0 Å². The van der Waals surface area contributed by atoms with Gasteiger partial charge in [-0.15, -0.1) is 0 Å². The van der Waals surface area contributed by atoms with E-state index in [4.69, 9.17) is 23.2 Å². The molecule has 0 aliphatic carbocycles. The Morgan fingerprint density at radius 1 is 1.12 bits per heavy atom. The van der Waals surface area contributed by atoms with Gasteiger partial charge in [-0.05, 0) is 92.0 Å². The monoisotopic (exact) mass is 636 g/mol. The lowest BCUT2D eigenvalue weighted by Gasteiger charge is -2.37. The molecular weight excluding hydrogens is 597 g/mol. The number of aliphatic hydroxyl groups excluding tert-OH is 1. The van der Waals surface area contributed by atoms with Gasteiger partial charge in [-0.25, -0.2) is 8.78 Å². The molecule has 3 aliphatic heterocycles. The van der Waals surface area contributed by atoms with Crippen LogP contribution in [0.15, 0.2) is 30.3 Å². The molecule has 2 fully saturated rings. The summed E-state index contributed by atoms with van der Waals surface area (Å²) in [4.78, 5) is 30.5. The first-order valence-electron chi connectivity index (χ1n) is 15.0. The second kappa shape index (κ2) is 12.6. The van der Waals surface area contributed by atoms with Crippen molar-refractivity contribution in [3.05, 3.63) is 63.1 Å². The molecule has 4 atom stereocenters. The Hall–Kier alpha value is -2.30. The number of carbonyl (C=O) groups excluding carboxylic acids is 2. The van der Waals surface area contributed by atoms with E-state index in [-0.39, 0.29) is 33.9 Å². The number of hydrogen-bond acceptors (Lipinski definition) is 5. The van der Waals surface area contributed by atoms with Crippen LogP contribution in [0, 0.1) is 23.0 Å². The summed E-state index contributed by atoms with van der Waals surface area (Å²) >= 11 is 12.4. The summed E-state index contributed by atoms with van der Waals surface area (Å²) in [7, 11) is 0. The van der Waals surface area contributed by atoms with Gasteiger partial charge < -0.3 is 26.0 Å². The van der Waals surface area contributed by atoms with Crippen molar-refractivity contribution in [2.45, 2.75) is 69.9 Å². The van der Waals surface area contributed by atoms with Crippen molar-refractivity contribution in [2.75, 3.05) is 38.1 Å². The Morgan fingerprint density at radius 3 is 2.47 bits per heavy atom. The van der Waals surface area contributed by atoms with E-state index in [1.165, 1.54) is 24.3 Å². The van der Waals surface area contributed by atoms with E-state index in [0.29, 0.717) is 35.7 Å². The Balaban J connectivity index is 1.48. The van der Waals surface area contributed by atoms with Gasteiger partial charge in [0.25, 0.3) is 0 Å². The quantitative estimate of drug-likeness (QED) is 0.298. The van der Waals surface area contributed by atoms with Crippen molar-refractivity contribution in [1.29, 1.82) is 0 Å². The molecule has 3 aliphatic rings. The average molecular weight is 638 g/mol. The summed E-state index contributed by atoms with van der Waals surface area (Å²) in [5.74, 6) is -2.42. The lowest BCUT2D eigenvalue weighted by Crippen LogP contribution is -2.49. The molecule has 2 saturated heterocycles. The van der Waals surface area contributed by atoms with Crippen LogP contribution in [0.2, 0.25) is 10.0 Å². The molecule has 1 spiro atoms. The summed E-state index contributed by atoms with van der Waals surface area (Å²) < 4.78 is 29.4. The van der Waals surface area contributed by atoms with E-state index in [1.807, 2.05) is 20.8 Å². The van der Waals surface area contributed by atoms with E-state index in [2.05, 4.69) is 20.9 Å². The molecule has 0 saturated carbocycles. The number of benzene rings is 2. The molecular formula is C32H40Cl2F2N4O3. The molecule has 234 valence electrons. The summed E-state index contributed by atoms with van der Waals surface area (Å²) in [5.41, 5.74) is -0.359. The number of fused-ring (bicyclic) bond motifs is 2. The lowest BCUT2D eigenvalue weighted by atomic mass is 9.62. The maximum atomic E-state index is 15.0. The van der Waals surface area contributed by atoms with Gasteiger partial charge in [-0.2, -0.15) is 0 Å². The first-order chi connectivity index (χ1) is 20.3. The van der Waals surface area contributed by atoms with Crippen molar-refractivity contribution >= 4 is 40.7 Å². The number of rotatable bonds is 8. The van der Waals surface area contributed by atoms with Gasteiger partial charge in [0.1, 0.15) is 17.0 Å². The fourth-order valence-corrected chi connectivity index (χ4v) is 7.51. The second-order valence-corrected chi connectivity index (χ2v) is 14.2. The number of amides is 2. The van der Waals surface area contributed by atoms with Gasteiger partial charge in [-0.1, -0.05) is 50.0 Å². The highest BCUT2D eigenvalue weighted by Gasteiger charge is 2.66. The van der Waals surface area contributed by atoms with Crippen molar-refractivity contribution in [3.63, 3.8) is 0 Å². The number of hydrogen-bond donors (Lipinski definition) is 4. The fraction of sp³-hybridized carbons (Fsp3) is 0.562. The van der Waals surface area contributed by atoms with Crippen LogP contribution in [-0.4, -0.2) is 66.7 Å². The third-order valence-electron chi connectivity index (χ3n) is 9.20. The molecule has 0 unspecified atom stereocenters. The summed E-state index contributed by atoms with van der Waals surface area (Å²) in [6.45, 7) is 9.43. The maximum absolute atomic E-state index is 15.0. The molecule has 5 rings (SSSR count).